The maximum atomic E-state index is 11.9. The Morgan fingerprint density at radius 1 is 1.35 bits per heavy atom. The summed E-state index contributed by atoms with van der Waals surface area (Å²) < 4.78 is 25.1. The molecule has 8 heteroatoms. The first-order valence-corrected chi connectivity index (χ1v) is 8.55. The van der Waals surface area contributed by atoms with Crippen LogP contribution in [-0.4, -0.2) is 57.1 Å². The molecule has 1 heterocycles. The summed E-state index contributed by atoms with van der Waals surface area (Å²) in [4.78, 5) is 11.6. The molecule has 0 aromatic rings. The van der Waals surface area contributed by atoms with Crippen LogP contribution in [-0.2, 0) is 14.8 Å². The minimum absolute atomic E-state index is 0. The second kappa shape index (κ2) is 9.55. The van der Waals surface area contributed by atoms with Gasteiger partial charge in [0.05, 0.1) is 0 Å². The minimum Gasteiger partial charge on any atom is -0.355 e. The molecule has 0 radical (unpaired) electrons. The largest absolute Gasteiger partial charge is 0.355 e. The molecule has 0 bridgehead atoms. The molecule has 1 saturated heterocycles. The summed E-state index contributed by atoms with van der Waals surface area (Å²) in [6, 6.07) is 0. The number of hydrogen-bond acceptors (Lipinski definition) is 4. The topological polar surface area (TPSA) is 78.5 Å². The number of nitrogens with one attached hydrogen (secondary N) is 2. The molecule has 6 nitrogen and oxygen atoms in total. The minimum atomic E-state index is -3.46. The molecule has 0 aromatic heterocycles. The Balaban J connectivity index is 0.00000361. The van der Waals surface area contributed by atoms with E-state index in [4.69, 9.17) is 0 Å². The lowest BCUT2D eigenvalue weighted by molar-refractivity contribution is -0.118. The smallest absolute Gasteiger partial charge is 0.236 e. The summed E-state index contributed by atoms with van der Waals surface area (Å²) in [6.07, 6.45) is 2.04. The highest BCUT2D eigenvalue weighted by atomic mass is 35.5. The van der Waals surface area contributed by atoms with Gasteiger partial charge in [0.1, 0.15) is 5.75 Å². The molecular formula is C12H26ClN3O3S. The van der Waals surface area contributed by atoms with Crippen LogP contribution in [0.3, 0.4) is 0 Å². The zero-order valence-corrected chi connectivity index (χ0v) is 13.9. The Kier molecular flexibility index (Phi) is 9.37. The van der Waals surface area contributed by atoms with Gasteiger partial charge in [0.15, 0.2) is 0 Å². The zero-order chi connectivity index (χ0) is 14.3. The third-order valence-electron chi connectivity index (χ3n) is 3.45. The Hall–Kier alpha value is -0.370. The Morgan fingerprint density at radius 2 is 2.00 bits per heavy atom. The number of nitrogens with zero attached hydrogens (tertiary/aromatic N) is 1. The van der Waals surface area contributed by atoms with Crippen LogP contribution in [0.25, 0.3) is 0 Å². The molecule has 20 heavy (non-hydrogen) atoms. The van der Waals surface area contributed by atoms with E-state index < -0.39 is 21.7 Å². The molecule has 1 atom stereocenters. The SMILES string of the molecule is CCN(CC)S(=O)(=O)CC(=O)NCCC1CCNC1.Cl. The first kappa shape index (κ1) is 19.6. The van der Waals surface area contributed by atoms with E-state index in [2.05, 4.69) is 10.6 Å². The van der Waals surface area contributed by atoms with E-state index in [1.807, 2.05) is 0 Å². The normalized spacial score (nSPS) is 18.9. The van der Waals surface area contributed by atoms with Gasteiger partial charge in [-0.1, -0.05) is 13.8 Å². The van der Waals surface area contributed by atoms with Crippen molar-refractivity contribution in [1.29, 1.82) is 0 Å². The van der Waals surface area contributed by atoms with Crippen LogP contribution < -0.4 is 10.6 Å². The quantitative estimate of drug-likeness (QED) is 0.667. The Bertz CT molecular complexity index is 379. The van der Waals surface area contributed by atoms with Crippen LogP contribution in [0.15, 0.2) is 0 Å². The molecule has 1 rings (SSSR count). The van der Waals surface area contributed by atoms with E-state index in [0.29, 0.717) is 25.6 Å². The lowest BCUT2D eigenvalue weighted by Crippen LogP contribution is -2.39. The number of carbonyl (C=O) groups excluding carboxylic acids is 1. The summed E-state index contributed by atoms with van der Waals surface area (Å²) in [5.74, 6) is -0.255. The van der Waals surface area contributed by atoms with Crippen LogP contribution in [0.5, 0.6) is 0 Å². The highest BCUT2D eigenvalue weighted by Gasteiger charge is 2.22. The highest BCUT2D eigenvalue weighted by Crippen LogP contribution is 2.10. The number of amides is 1. The second-order valence-electron chi connectivity index (χ2n) is 4.84. The van der Waals surface area contributed by atoms with Gasteiger partial charge in [-0.2, -0.15) is 0 Å². The number of sulfonamides is 1. The van der Waals surface area contributed by atoms with Crippen molar-refractivity contribution in [3.05, 3.63) is 0 Å². The first-order chi connectivity index (χ1) is 8.99. The molecule has 0 aromatic carbocycles. The summed E-state index contributed by atoms with van der Waals surface area (Å²) >= 11 is 0. The number of halogens is 1. The van der Waals surface area contributed by atoms with E-state index >= 15 is 0 Å². The lowest BCUT2D eigenvalue weighted by Gasteiger charge is -2.18. The summed E-state index contributed by atoms with van der Waals surface area (Å²) in [5.41, 5.74) is 0. The van der Waals surface area contributed by atoms with Crippen molar-refractivity contribution >= 4 is 28.3 Å². The van der Waals surface area contributed by atoms with Crippen LogP contribution in [0.2, 0.25) is 0 Å². The molecule has 0 saturated carbocycles. The number of carbonyl (C=O) groups is 1. The van der Waals surface area contributed by atoms with E-state index in [0.717, 1.165) is 25.9 Å². The maximum Gasteiger partial charge on any atom is 0.236 e. The van der Waals surface area contributed by atoms with Crippen molar-refractivity contribution in [3.8, 4) is 0 Å². The fourth-order valence-electron chi connectivity index (χ4n) is 2.30. The van der Waals surface area contributed by atoms with E-state index in [9.17, 15) is 13.2 Å². The summed E-state index contributed by atoms with van der Waals surface area (Å²) in [7, 11) is -3.46. The van der Waals surface area contributed by atoms with Crippen LogP contribution in [0, 0.1) is 5.92 Å². The van der Waals surface area contributed by atoms with Gasteiger partial charge < -0.3 is 10.6 Å². The molecule has 1 unspecified atom stereocenters. The molecule has 1 aliphatic rings. The molecule has 0 aliphatic carbocycles. The average molecular weight is 328 g/mol. The number of hydrogen-bond donors (Lipinski definition) is 2. The first-order valence-electron chi connectivity index (χ1n) is 6.94. The van der Waals surface area contributed by atoms with Crippen molar-refractivity contribution < 1.29 is 13.2 Å². The Labute approximate surface area is 128 Å². The van der Waals surface area contributed by atoms with Crippen molar-refractivity contribution in [1.82, 2.24) is 14.9 Å². The van der Waals surface area contributed by atoms with E-state index in [-0.39, 0.29) is 12.4 Å². The molecule has 0 spiro atoms. The van der Waals surface area contributed by atoms with Crippen LogP contribution >= 0.6 is 12.4 Å². The summed E-state index contributed by atoms with van der Waals surface area (Å²) in [5, 5.41) is 5.96. The second-order valence-corrected chi connectivity index (χ2v) is 6.81. The van der Waals surface area contributed by atoms with Gasteiger partial charge in [-0.05, 0) is 31.8 Å². The molecule has 1 fully saturated rings. The van der Waals surface area contributed by atoms with Crippen LogP contribution in [0.1, 0.15) is 26.7 Å². The van der Waals surface area contributed by atoms with Crippen molar-refractivity contribution in [2.45, 2.75) is 26.7 Å². The third-order valence-corrected chi connectivity index (χ3v) is 5.38. The van der Waals surface area contributed by atoms with Crippen LogP contribution in [0.4, 0.5) is 0 Å². The molecule has 120 valence electrons. The predicted octanol–water partition coefficient (Wildman–Crippen LogP) is 0.196. The van der Waals surface area contributed by atoms with Gasteiger partial charge in [-0.3, -0.25) is 4.79 Å². The van der Waals surface area contributed by atoms with Gasteiger partial charge >= 0.3 is 0 Å². The fourth-order valence-corrected chi connectivity index (χ4v) is 3.70. The fraction of sp³-hybridized carbons (Fsp3) is 0.917. The molecule has 1 aliphatic heterocycles. The lowest BCUT2D eigenvalue weighted by atomic mass is 10.1. The van der Waals surface area contributed by atoms with Gasteiger partial charge in [0.25, 0.3) is 0 Å². The summed E-state index contributed by atoms with van der Waals surface area (Å²) in [6.45, 7) is 6.93. The maximum absolute atomic E-state index is 11.9. The molecule has 1 amide bonds. The predicted molar refractivity (Wildman–Crippen MR) is 82.6 cm³/mol. The zero-order valence-electron chi connectivity index (χ0n) is 12.2. The Morgan fingerprint density at radius 3 is 2.50 bits per heavy atom. The third kappa shape index (κ3) is 6.39. The monoisotopic (exact) mass is 327 g/mol. The van der Waals surface area contributed by atoms with E-state index in [1.165, 1.54) is 4.31 Å². The average Bonchev–Trinajstić information content (AvgIpc) is 2.82. The standard InChI is InChI=1S/C12H25N3O3S.ClH/c1-3-15(4-2)19(17,18)10-12(16)14-8-6-11-5-7-13-9-11;/h11,13H,3-10H2,1-2H3,(H,14,16);1H. The van der Waals surface area contributed by atoms with Gasteiger partial charge in [-0.25, -0.2) is 12.7 Å². The van der Waals surface area contributed by atoms with Gasteiger partial charge in [0.2, 0.25) is 15.9 Å². The van der Waals surface area contributed by atoms with Gasteiger partial charge in [0, 0.05) is 19.6 Å². The van der Waals surface area contributed by atoms with Crippen molar-refractivity contribution in [2.24, 2.45) is 5.92 Å². The van der Waals surface area contributed by atoms with E-state index in [1.54, 1.807) is 13.8 Å². The highest BCUT2D eigenvalue weighted by molar-refractivity contribution is 7.89. The van der Waals surface area contributed by atoms with Crippen molar-refractivity contribution in [3.63, 3.8) is 0 Å². The molecular weight excluding hydrogens is 302 g/mol. The van der Waals surface area contributed by atoms with Crippen molar-refractivity contribution in [2.75, 3.05) is 38.5 Å². The molecule has 2 N–H and O–H groups in total. The number of rotatable bonds is 8. The van der Waals surface area contributed by atoms with Gasteiger partial charge in [-0.15, -0.1) is 12.4 Å².